The van der Waals surface area contributed by atoms with E-state index in [2.05, 4.69) is 15.9 Å². The van der Waals surface area contributed by atoms with Crippen LogP contribution in [0.2, 0.25) is 0 Å². The standard InChI is InChI=1S/C11H17BrN2O/c1-4-13(5-2)11(15)10-7-9(12)8-14(10)6-3/h7-8H,4-6H2,1-3H3. The highest BCUT2D eigenvalue weighted by molar-refractivity contribution is 9.10. The molecule has 0 atom stereocenters. The molecule has 1 aromatic heterocycles. The maximum absolute atomic E-state index is 12.1. The van der Waals surface area contributed by atoms with Crippen LogP contribution in [0.4, 0.5) is 0 Å². The number of halogens is 1. The third-order valence-electron chi connectivity index (χ3n) is 2.47. The van der Waals surface area contributed by atoms with Crippen LogP contribution >= 0.6 is 15.9 Å². The first-order chi connectivity index (χ1) is 7.13. The molecule has 0 spiro atoms. The van der Waals surface area contributed by atoms with Gasteiger partial charge >= 0.3 is 0 Å². The molecular formula is C11H17BrN2O. The summed E-state index contributed by atoms with van der Waals surface area (Å²) in [7, 11) is 0. The zero-order valence-corrected chi connectivity index (χ0v) is 11.0. The molecule has 1 aromatic rings. The van der Waals surface area contributed by atoms with Gasteiger partial charge in [0.15, 0.2) is 0 Å². The van der Waals surface area contributed by atoms with Crippen LogP contribution in [0.1, 0.15) is 31.3 Å². The van der Waals surface area contributed by atoms with Crippen LogP contribution in [-0.2, 0) is 6.54 Å². The summed E-state index contributed by atoms with van der Waals surface area (Å²) in [5, 5.41) is 0. The van der Waals surface area contributed by atoms with Crippen LogP contribution in [0.15, 0.2) is 16.7 Å². The Morgan fingerprint density at radius 1 is 1.40 bits per heavy atom. The Bertz CT molecular complexity index is 342. The molecule has 0 aromatic carbocycles. The predicted molar refractivity (Wildman–Crippen MR) is 65.1 cm³/mol. The number of rotatable bonds is 4. The van der Waals surface area contributed by atoms with Crippen LogP contribution in [0.3, 0.4) is 0 Å². The van der Waals surface area contributed by atoms with E-state index in [1.807, 2.05) is 42.5 Å². The van der Waals surface area contributed by atoms with Crippen molar-refractivity contribution in [3.8, 4) is 0 Å². The van der Waals surface area contributed by atoms with Crippen molar-refractivity contribution in [1.29, 1.82) is 0 Å². The fraction of sp³-hybridized carbons (Fsp3) is 0.545. The van der Waals surface area contributed by atoms with Gasteiger partial charge in [-0.1, -0.05) is 0 Å². The van der Waals surface area contributed by atoms with Crippen molar-refractivity contribution in [2.45, 2.75) is 27.3 Å². The van der Waals surface area contributed by atoms with Gasteiger partial charge in [0.05, 0.1) is 0 Å². The van der Waals surface area contributed by atoms with E-state index in [0.29, 0.717) is 0 Å². The van der Waals surface area contributed by atoms with Gasteiger partial charge in [-0.25, -0.2) is 0 Å². The molecule has 0 fully saturated rings. The van der Waals surface area contributed by atoms with Crippen LogP contribution in [0.25, 0.3) is 0 Å². The van der Waals surface area contributed by atoms with E-state index in [-0.39, 0.29) is 5.91 Å². The third kappa shape index (κ3) is 2.62. The quantitative estimate of drug-likeness (QED) is 0.828. The van der Waals surface area contributed by atoms with Crippen molar-refractivity contribution in [3.05, 3.63) is 22.4 Å². The molecule has 0 saturated heterocycles. The SMILES string of the molecule is CCN(CC)C(=O)c1cc(Br)cn1CC. The summed E-state index contributed by atoms with van der Waals surface area (Å²) in [6, 6.07) is 1.88. The number of hydrogen-bond acceptors (Lipinski definition) is 1. The minimum absolute atomic E-state index is 0.104. The first kappa shape index (κ1) is 12.3. The Labute approximate surface area is 99.2 Å². The maximum atomic E-state index is 12.1. The van der Waals surface area contributed by atoms with E-state index in [1.165, 1.54) is 0 Å². The Kier molecular flexibility index (Phi) is 4.39. The van der Waals surface area contributed by atoms with Crippen LogP contribution in [-0.4, -0.2) is 28.5 Å². The highest BCUT2D eigenvalue weighted by atomic mass is 79.9. The topological polar surface area (TPSA) is 25.2 Å². The summed E-state index contributed by atoms with van der Waals surface area (Å²) in [6.45, 7) is 8.34. The highest BCUT2D eigenvalue weighted by Crippen LogP contribution is 2.16. The van der Waals surface area contributed by atoms with Crippen LogP contribution in [0.5, 0.6) is 0 Å². The van der Waals surface area contributed by atoms with Gasteiger partial charge in [0, 0.05) is 30.3 Å². The fourth-order valence-corrected chi connectivity index (χ4v) is 2.05. The van der Waals surface area contributed by atoms with Crippen molar-refractivity contribution in [2.24, 2.45) is 0 Å². The van der Waals surface area contributed by atoms with E-state index in [9.17, 15) is 4.79 Å². The summed E-state index contributed by atoms with van der Waals surface area (Å²) in [6.07, 6.45) is 1.94. The lowest BCUT2D eigenvalue weighted by molar-refractivity contribution is 0.0762. The second-order valence-corrected chi connectivity index (χ2v) is 4.22. The smallest absolute Gasteiger partial charge is 0.270 e. The molecule has 4 heteroatoms. The van der Waals surface area contributed by atoms with E-state index in [4.69, 9.17) is 0 Å². The molecule has 0 saturated carbocycles. The normalized spacial score (nSPS) is 10.4. The Balaban J connectivity index is 2.98. The lowest BCUT2D eigenvalue weighted by Crippen LogP contribution is -2.31. The van der Waals surface area contributed by atoms with E-state index < -0.39 is 0 Å². The Morgan fingerprint density at radius 3 is 2.47 bits per heavy atom. The average molecular weight is 273 g/mol. The van der Waals surface area contributed by atoms with Crippen LogP contribution in [0, 0.1) is 0 Å². The number of carbonyl (C=O) groups excluding carboxylic acids is 1. The number of aromatic nitrogens is 1. The average Bonchev–Trinajstić information content (AvgIpc) is 2.61. The molecule has 0 unspecified atom stereocenters. The van der Waals surface area contributed by atoms with Crippen LogP contribution < -0.4 is 0 Å². The number of carbonyl (C=O) groups is 1. The number of aryl methyl sites for hydroxylation is 1. The number of hydrogen-bond donors (Lipinski definition) is 0. The minimum Gasteiger partial charge on any atom is -0.343 e. The summed E-state index contributed by atoms with van der Waals surface area (Å²) in [5.41, 5.74) is 0.757. The molecule has 0 radical (unpaired) electrons. The molecule has 0 aliphatic carbocycles. The van der Waals surface area contributed by atoms with Crippen molar-refractivity contribution in [1.82, 2.24) is 9.47 Å². The molecular weight excluding hydrogens is 256 g/mol. The first-order valence-corrected chi connectivity index (χ1v) is 6.08. The van der Waals surface area contributed by atoms with Crippen molar-refractivity contribution in [2.75, 3.05) is 13.1 Å². The van der Waals surface area contributed by atoms with Gasteiger partial charge in [-0.05, 0) is 42.8 Å². The number of amides is 1. The van der Waals surface area contributed by atoms with Crippen molar-refractivity contribution >= 4 is 21.8 Å². The molecule has 0 aliphatic rings. The van der Waals surface area contributed by atoms with E-state index >= 15 is 0 Å². The third-order valence-corrected chi connectivity index (χ3v) is 2.91. The largest absolute Gasteiger partial charge is 0.343 e. The van der Waals surface area contributed by atoms with Crippen molar-refractivity contribution < 1.29 is 4.79 Å². The van der Waals surface area contributed by atoms with Crippen molar-refractivity contribution in [3.63, 3.8) is 0 Å². The summed E-state index contributed by atoms with van der Waals surface area (Å²) >= 11 is 3.39. The van der Waals surface area contributed by atoms with Gasteiger partial charge in [0.25, 0.3) is 5.91 Å². The lowest BCUT2D eigenvalue weighted by atomic mass is 10.3. The van der Waals surface area contributed by atoms with Gasteiger partial charge in [0.2, 0.25) is 0 Å². The second kappa shape index (κ2) is 5.35. The molecule has 15 heavy (non-hydrogen) atoms. The summed E-state index contributed by atoms with van der Waals surface area (Å²) < 4.78 is 2.92. The number of nitrogens with zero attached hydrogens (tertiary/aromatic N) is 2. The van der Waals surface area contributed by atoms with Gasteiger partial charge < -0.3 is 9.47 Å². The minimum atomic E-state index is 0.104. The van der Waals surface area contributed by atoms with E-state index in [0.717, 1.165) is 29.8 Å². The highest BCUT2D eigenvalue weighted by Gasteiger charge is 2.16. The molecule has 1 amide bonds. The molecule has 0 bridgehead atoms. The molecule has 0 N–H and O–H groups in total. The monoisotopic (exact) mass is 272 g/mol. The lowest BCUT2D eigenvalue weighted by Gasteiger charge is -2.19. The van der Waals surface area contributed by atoms with Gasteiger partial charge in [0.1, 0.15) is 5.69 Å². The van der Waals surface area contributed by atoms with Gasteiger partial charge in [-0.3, -0.25) is 4.79 Å². The van der Waals surface area contributed by atoms with E-state index in [1.54, 1.807) is 0 Å². The maximum Gasteiger partial charge on any atom is 0.270 e. The fourth-order valence-electron chi connectivity index (χ4n) is 1.59. The summed E-state index contributed by atoms with van der Waals surface area (Å²) in [5.74, 6) is 0.104. The summed E-state index contributed by atoms with van der Waals surface area (Å²) in [4.78, 5) is 13.9. The first-order valence-electron chi connectivity index (χ1n) is 5.28. The second-order valence-electron chi connectivity index (χ2n) is 3.31. The Morgan fingerprint density at radius 2 is 2.00 bits per heavy atom. The Hall–Kier alpha value is -0.770. The molecule has 1 heterocycles. The van der Waals surface area contributed by atoms with Gasteiger partial charge in [-0.2, -0.15) is 0 Å². The zero-order valence-electron chi connectivity index (χ0n) is 9.46. The molecule has 84 valence electrons. The molecule has 1 rings (SSSR count). The zero-order chi connectivity index (χ0) is 11.4. The molecule has 0 aliphatic heterocycles. The van der Waals surface area contributed by atoms with Gasteiger partial charge in [-0.15, -0.1) is 0 Å². The predicted octanol–water partition coefficient (Wildman–Crippen LogP) is 2.75. The molecule has 3 nitrogen and oxygen atoms in total.